The van der Waals surface area contributed by atoms with Crippen molar-refractivity contribution < 1.29 is 9.59 Å². The van der Waals surface area contributed by atoms with Crippen LogP contribution in [-0.2, 0) is 9.59 Å². The first-order chi connectivity index (χ1) is 14.0. The SMILES string of the molecule is CC(=O)N1CCN(C(=O)CCNc2nn3cc(-c4ccc(Cl)cc4)nc3s2)CC1. The molecule has 29 heavy (non-hydrogen) atoms. The summed E-state index contributed by atoms with van der Waals surface area (Å²) in [4.78, 5) is 32.7. The number of hydrogen-bond donors (Lipinski definition) is 1. The van der Waals surface area contributed by atoms with Gasteiger partial charge in [0, 0.05) is 56.7 Å². The summed E-state index contributed by atoms with van der Waals surface area (Å²) in [5.74, 6) is 0.152. The molecule has 0 atom stereocenters. The topological polar surface area (TPSA) is 82.8 Å². The Bertz CT molecular complexity index is 992. The van der Waals surface area contributed by atoms with E-state index < -0.39 is 0 Å². The van der Waals surface area contributed by atoms with E-state index in [2.05, 4.69) is 15.4 Å². The summed E-state index contributed by atoms with van der Waals surface area (Å²) in [6, 6.07) is 7.52. The molecule has 4 rings (SSSR count). The lowest BCUT2D eigenvalue weighted by atomic mass is 10.2. The summed E-state index contributed by atoms with van der Waals surface area (Å²) >= 11 is 7.37. The lowest BCUT2D eigenvalue weighted by Gasteiger charge is -2.34. The third-order valence-electron chi connectivity index (χ3n) is 4.88. The molecule has 3 aromatic rings. The Hall–Kier alpha value is -2.65. The van der Waals surface area contributed by atoms with E-state index in [1.54, 1.807) is 16.3 Å². The van der Waals surface area contributed by atoms with Gasteiger partial charge in [-0.25, -0.2) is 9.50 Å². The molecule has 0 spiro atoms. The van der Waals surface area contributed by atoms with Gasteiger partial charge < -0.3 is 15.1 Å². The number of anilines is 1. The summed E-state index contributed by atoms with van der Waals surface area (Å²) in [5, 5.41) is 9.10. The van der Waals surface area contributed by atoms with Crippen molar-refractivity contribution >= 4 is 44.8 Å². The molecule has 1 fully saturated rings. The molecule has 1 N–H and O–H groups in total. The maximum atomic E-state index is 12.4. The maximum absolute atomic E-state index is 12.4. The number of carbonyl (C=O) groups excluding carboxylic acids is 2. The van der Waals surface area contributed by atoms with Gasteiger partial charge in [-0.05, 0) is 12.1 Å². The van der Waals surface area contributed by atoms with Gasteiger partial charge >= 0.3 is 0 Å². The van der Waals surface area contributed by atoms with E-state index in [0.29, 0.717) is 44.2 Å². The fourth-order valence-electron chi connectivity index (χ4n) is 3.24. The number of nitrogens with zero attached hydrogens (tertiary/aromatic N) is 5. The largest absolute Gasteiger partial charge is 0.360 e. The van der Waals surface area contributed by atoms with Crippen LogP contribution in [0.25, 0.3) is 16.2 Å². The van der Waals surface area contributed by atoms with E-state index >= 15 is 0 Å². The minimum atomic E-state index is 0.0618. The summed E-state index contributed by atoms with van der Waals surface area (Å²) in [6.07, 6.45) is 2.26. The predicted octanol–water partition coefficient (Wildman–Crippen LogP) is 2.60. The van der Waals surface area contributed by atoms with Crippen LogP contribution in [0.5, 0.6) is 0 Å². The van der Waals surface area contributed by atoms with E-state index in [1.165, 1.54) is 11.3 Å². The quantitative estimate of drug-likeness (QED) is 0.670. The van der Waals surface area contributed by atoms with Crippen LogP contribution in [-0.4, -0.2) is 68.9 Å². The highest BCUT2D eigenvalue weighted by molar-refractivity contribution is 7.20. The van der Waals surface area contributed by atoms with Gasteiger partial charge in [-0.3, -0.25) is 9.59 Å². The molecule has 8 nitrogen and oxygen atoms in total. The maximum Gasteiger partial charge on any atom is 0.224 e. The molecule has 2 aromatic heterocycles. The number of amides is 2. The van der Waals surface area contributed by atoms with Crippen LogP contribution >= 0.6 is 22.9 Å². The van der Waals surface area contributed by atoms with E-state index in [0.717, 1.165) is 21.3 Å². The minimum Gasteiger partial charge on any atom is -0.360 e. The Morgan fingerprint density at radius 3 is 2.48 bits per heavy atom. The van der Waals surface area contributed by atoms with E-state index in [-0.39, 0.29) is 11.8 Å². The van der Waals surface area contributed by atoms with E-state index in [9.17, 15) is 9.59 Å². The van der Waals surface area contributed by atoms with Crippen molar-refractivity contribution in [2.75, 3.05) is 38.0 Å². The normalized spacial score (nSPS) is 14.4. The number of benzene rings is 1. The second-order valence-corrected chi connectivity index (χ2v) is 8.22. The highest BCUT2D eigenvalue weighted by Crippen LogP contribution is 2.25. The molecule has 0 saturated carbocycles. The van der Waals surface area contributed by atoms with Gasteiger partial charge in [0.15, 0.2) is 0 Å². The van der Waals surface area contributed by atoms with Crippen molar-refractivity contribution in [3.05, 3.63) is 35.5 Å². The highest BCUT2D eigenvalue weighted by Gasteiger charge is 2.22. The van der Waals surface area contributed by atoms with Crippen molar-refractivity contribution in [2.24, 2.45) is 0 Å². The second-order valence-electron chi connectivity index (χ2n) is 6.83. The summed E-state index contributed by atoms with van der Waals surface area (Å²) in [6.45, 7) is 4.47. The molecule has 1 saturated heterocycles. The molecule has 2 amide bonds. The standard InChI is InChI=1S/C19H21ClN6O2S/c1-13(27)24-8-10-25(11-9-24)17(28)6-7-21-18-23-26-12-16(22-19(26)29-18)14-2-4-15(20)5-3-14/h2-5,12H,6-11H2,1H3,(H,21,23). The zero-order chi connectivity index (χ0) is 20.4. The number of nitrogens with one attached hydrogen (secondary N) is 1. The zero-order valence-electron chi connectivity index (χ0n) is 16.0. The lowest BCUT2D eigenvalue weighted by Crippen LogP contribution is -2.50. The van der Waals surface area contributed by atoms with Gasteiger partial charge in [-0.1, -0.05) is 35.1 Å². The van der Waals surface area contributed by atoms with Crippen LogP contribution in [0.2, 0.25) is 5.02 Å². The van der Waals surface area contributed by atoms with E-state index in [4.69, 9.17) is 11.6 Å². The zero-order valence-corrected chi connectivity index (χ0v) is 17.5. The number of carbonyl (C=O) groups is 2. The van der Waals surface area contributed by atoms with Gasteiger partial charge in [-0.15, -0.1) is 5.10 Å². The van der Waals surface area contributed by atoms with Crippen LogP contribution in [0.15, 0.2) is 30.5 Å². The fourth-order valence-corrected chi connectivity index (χ4v) is 4.17. The van der Waals surface area contributed by atoms with Crippen molar-refractivity contribution in [1.82, 2.24) is 24.4 Å². The van der Waals surface area contributed by atoms with Crippen LogP contribution in [0, 0.1) is 0 Å². The Kier molecular flexibility index (Phi) is 5.68. The molecule has 0 radical (unpaired) electrons. The number of rotatable bonds is 5. The second kappa shape index (κ2) is 8.38. The Morgan fingerprint density at radius 2 is 1.83 bits per heavy atom. The van der Waals surface area contributed by atoms with Gasteiger partial charge in [-0.2, -0.15) is 0 Å². The lowest BCUT2D eigenvalue weighted by molar-refractivity contribution is -0.138. The third-order valence-corrected chi connectivity index (χ3v) is 6.01. The molecule has 1 aliphatic heterocycles. The average Bonchev–Trinajstić information content (AvgIpc) is 3.27. The molecule has 1 aliphatic rings. The number of piperazine rings is 1. The molecule has 1 aromatic carbocycles. The Balaban J connectivity index is 1.29. The molecule has 152 valence electrons. The first kappa shape index (κ1) is 19.7. The van der Waals surface area contributed by atoms with Crippen molar-refractivity contribution in [3.63, 3.8) is 0 Å². The molecule has 10 heteroatoms. The summed E-state index contributed by atoms with van der Waals surface area (Å²) in [5.41, 5.74) is 1.82. The van der Waals surface area contributed by atoms with Crippen molar-refractivity contribution in [1.29, 1.82) is 0 Å². The van der Waals surface area contributed by atoms with Crippen molar-refractivity contribution in [2.45, 2.75) is 13.3 Å². The first-order valence-corrected chi connectivity index (χ1v) is 10.6. The van der Waals surface area contributed by atoms with Gasteiger partial charge in [0.05, 0.1) is 11.9 Å². The molecular formula is C19H21ClN6O2S. The van der Waals surface area contributed by atoms with Crippen molar-refractivity contribution in [3.8, 4) is 11.3 Å². The van der Waals surface area contributed by atoms with Crippen LogP contribution in [0.3, 0.4) is 0 Å². The molecule has 0 bridgehead atoms. The number of fused-ring (bicyclic) bond motifs is 1. The van der Waals surface area contributed by atoms with Crippen LogP contribution < -0.4 is 5.32 Å². The van der Waals surface area contributed by atoms with E-state index in [1.807, 2.05) is 35.4 Å². The third kappa shape index (κ3) is 4.51. The first-order valence-electron chi connectivity index (χ1n) is 9.39. The molecule has 3 heterocycles. The highest BCUT2D eigenvalue weighted by atomic mass is 35.5. The number of imidazole rings is 1. The number of aromatic nitrogens is 3. The number of halogens is 1. The summed E-state index contributed by atoms with van der Waals surface area (Å²) in [7, 11) is 0. The van der Waals surface area contributed by atoms with Crippen LogP contribution in [0.1, 0.15) is 13.3 Å². The fraction of sp³-hybridized carbons (Fsp3) is 0.368. The molecule has 0 unspecified atom stereocenters. The minimum absolute atomic E-state index is 0.0618. The van der Waals surface area contributed by atoms with Gasteiger partial charge in [0.25, 0.3) is 0 Å². The van der Waals surface area contributed by atoms with Gasteiger partial charge in [0.1, 0.15) is 0 Å². The Morgan fingerprint density at radius 1 is 1.14 bits per heavy atom. The average molecular weight is 433 g/mol. The van der Waals surface area contributed by atoms with Gasteiger partial charge in [0.2, 0.25) is 21.9 Å². The smallest absolute Gasteiger partial charge is 0.224 e. The number of hydrogen-bond acceptors (Lipinski definition) is 6. The molecular weight excluding hydrogens is 412 g/mol. The predicted molar refractivity (Wildman–Crippen MR) is 113 cm³/mol. The summed E-state index contributed by atoms with van der Waals surface area (Å²) < 4.78 is 1.74. The monoisotopic (exact) mass is 432 g/mol. The Labute approximate surface area is 177 Å². The van der Waals surface area contributed by atoms with Crippen LogP contribution in [0.4, 0.5) is 5.13 Å². The molecule has 0 aliphatic carbocycles.